The lowest BCUT2D eigenvalue weighted by atomic mass is 10.0. The predicted molar refractivity (Wildman–Crippen MR) is 158 cm³/mol. The van der Waals surface area contributed by atoms with E-state index in [2.05, 4.69) is 4.98 Å². The summed E-state index contributed by atoms with van der Waals surface area (Å²) < 4.78 is 31.9. The molecule has 0 aliphatic carbocycles. The van der Waals surface area contributed by atoms with E-state index in [0.29, 0.717) is 36.4 Å². The number of esters is 2. The molecule has 3 aromatic carbocycles. The van der Waals surface area contributed by atoms with Crippen molar-refractivity contribution in [3.05, 3.63) is 134 Å². The number of aromatic nitrogens is 3. The van der Waals surface area contributed by atoms with Crippen LogP contribution in [0.5, 0.6) is 11.8 Å². The Morgan fingerprint density at radius 1 is 0.935 bits per heavy atom. The van der Waals surface area contributed by atoms with E-state index in [1.165, 1.54) is 30.3 Å². The molecule has 1 saturated heterocycles. The number of hydrogen-bond acceptors (Lipinski definition) is 10. The van der Waals surface area contributed by atoms with Crippen molar-refractivity contribution in [2.75, 3.05) is 6.61 Å². The molecule has 1 atom stereocenters. The van der Waals surface area contributed by atoms with E-state index < -0.39 is 47.0 Å². The van der Waals surface area contributed by atoms with Crippen molar-refractivity contribution in [3.8, 4) is 17.8 Å². The van der Waals surface area contributed by atoms with Gasteiger partial charge in [-0.25, -0.2) is 14.4 Å². The molecule has 2 aromatic heterocycles. The minimum atomic E-state index is -1.47. The Bertz CT molecular complexity index is 2200. The second-order valence-corrected chi connectivity index (χ2v) is 10.1. The van der Waals surface area contributed by atoms with Gasteiger partial charge in [0.05, 0.1) is 17.3 Å². The normalized spacial score (nSPS) is 14.0. The predicted octanol–water partition coefficient (Wildman–Crippen LogP) is 4.00. The number of ether oxygens (including phenoxy) is 3. The molecule has 13 heteroatoms. The van der Waals surface area contributed by atoms with Gasteiger partial charge < -0.3 is 14.2 Å². The van der Waals surface area contributed by atoms with Crippen LogP contribution in [0.25, 0.3) is 10.8 Å². The van der Waals surface area contributed by atoms with E-state index in [1.807, 2.05) is 6.07 Å². The molecule has 0 bridgehead atoms. The summed E-state index contributed by atoms with van der Waals surface area (Å²) in [5.74, 6) is -5.06. The molecule has 46 heavy (non-hydrogen) atoms. The lowest BCUT2D eigenvalue weighted by Crippen LogP contribution is -2.46. The van der Waals surface area contributed by atoms with Crippen LogP contribution < -0.4 is 20.7 Å². The zero-order chi connectivity index (χ0) is 32.4. The summed E-state index contributed by atoms with van der Waals surface area (Å²) in [5.41, 5.74) is -2.99. The third-order valence-corrected chi connectivity index (χ3v) is 7.17. The first-order valence-electron chi connectivity index (χ1n) is 13.9. The van der Waals surface area contributed by atoms with Crippen molar-refractivity contribution in [2.24, 2.45) is 0 Å². The van der Waals surface area contributed by atoms with Crippen LogP contribution in [0.15, 0.2) is 94.6 Å². The largest absolute Gasteiger partial charge is 0.404 e. The summed E-state index contributed by atoms with van der Waals surface area (Å²) >= 11 is 0. The van der Waals surface area contributed by atoms with E-state index in [-0.39, 0.29) is 32.7 Å². The Morgan fingerprint density at radius 2 is 1.70 bits per heavy atom. The smallest absolute Gasteiger partial charge is 0.345 e. The van der Waals surface area contributed by atoms with Gasteiger partial charge in [0.2, 0.25) is 17.6 Å². The van der Waals surface area contributed by atoms with Crippen molar-refractivity contribution in [1.82, 2.24) is 14.1 Å². The number of pyridine rings is 1. The Labute approximate surface area is 258 Å². The van der Waals surface area contributed by atoms with Crippen molar-refractivity contribution in [1.29, 1.82) is 5.26 Å². The molecule has 5 aromatic rings. The Hall–Kier alpha value is -6.26. The van der Waals surface area contributed by atoms with Gasteiger partial charge in [-0.2, -0.15) is 19.2 Å². The van der Waals surface area contributed by atoms with E-state index in [9.17, 15) is 33.6 Å². The first kappa shape index (κ1) is 29.8. The monoisotopic (exact) mass is 620 g/mol. The van der Waals surface area contributed by atoms with Crippen molar-refractivity contribution >= 4 is 28.6 Å². The Morgan fingerprint density at radius 3 is 2.43 bits per heavy atom. The second kappa shape index (κ2) is 12.4. The van der Waals surface area contributed by atoms with Crippen LogP contribution in [0.3, 0.4) is 0 Å². The van der Waals surface area contributed by atoms with Gasteiger partial charge in [-0.05, 0) is 53.9 Å². The molecule has 1 aliphatic heterocycles. The molecule has 228 valence electrons. The van der Waals surface area contributed by atoms with Crippen LogP contribution in [-0.4, -0.2) is 38.6 Å². The van der Waals surface area contributed by atoms with Crippen LogP contribution in [-0.2, 0) is 4.74 Å². The first-order valence-corrected chi connectivity index (χ1v) is 13.9. The number of carbonyl (C=O) groups is 3. The van der Waals surface area contributed by atoms with Gasteiger partial charge in [0, 0.05) is 18.2 Å². The van der Waals surface area contributed by atoms with Crippen LogP contribution in [0.1, 0.15) is 55.7 Å². The van der Waals surface area contributed by atoms with Crippen LogP contribution >= 0.6 is 0 Å². The molecule has 1 aliphatic rings. The maximum atomic E-state index is 14.7. The molecule has 3 heterocycles. The Kier molecular flexibility index (Phi) is 8.02. The third kappa shape index (κ3) is 5.68. The van der Waals surface area contributed by atoms with Gasteiger partial charge in [-0.15, -0.1) is 0 Å². The molecule has 1 fully saturated rings. The zero-order valence-corrected chi connectivity index (χ0v) is 23.7. The summed E-state index contributed by atoms with van der Waals surface area (Å²) in [6.45, 7) is 0.322. The number of benzene rings is 3. The lowest BCUT2D eigenvalue weighted by Gasteiger charge is -2.15. The average Bonchev–Trinajstić information content (AvgIpc) is 3.61. The maximum absolute atomic E-state index is 14.7. The highest BCUT2D eigenvalue weighted by Gasteiger charge is 2.27. The SMILES string of the molecule is N#Cc1ccc(OC(=O)c2ccccc2)nc1OC(=O)c1cc(C(=O)n2c(=O)c(F)cn(C3CCCO3)c2=O)cc2ccccc12. The number of nitrogens with zero attached hydrogens (tertiary/aromatic N) is 4. The highest BCUT2D eigenvalue weighted by atomic mass is 19.1. The summed E-state index contributed by atoms with van der Waals surface area (Å²) in [6.07, 6.45) is 0.832. The topological polar surface area (TPSA) is 160 Å². The summed E-state index contributed by atoms with van der Waals surface area (Å²) in [6, 6.07) is 21.2. The highest BCUT2D eigenvalue weighted by molar-refractivity contribution is 6.09. The molecule has 0 radical (unpaired) electrons. The number of fused-ring (bicyclic) bond motifs is 1. The lowest BCUT2D eigenvalue weighted by molar-refractivity contribution is 0.0501. The average molecular weight is 621 g/mol. The van der Waals surface area contributed by atoms with Crippen molar-refractivity contribution in [3.63, 3.8) is 0 Å². The minimum Gasteiger partial charge on any atom is -0.404 e. The summed E-state index contributed by atoms with van der Waals surface area (Å²) in [7, 11) is 0. The number of hydrogen-bond donors (Lipinski definition) is 0. The van der Waals surface area contributed by atoms with E-state index >= 15 is 0 Å². The third-order valence-electron chi connectivity index (χ3n) is 7.17. The number of nitriles is 1. The van der Waals surface area contributed by atoms with Crippen LogP contribution in [0.2, 0.25) is 0 Å². The second-order valence-electron chi connectivity index (χ2n) is 10.1. The molecular weight excluding hydrogens is 599 g/mol. The van der Waals surface area contributed by atoms with E-state index in [1.54, 1.807) is 42.5 Å². The van der Waals surface area contributed by atoms with Gasteiger partial charge in [0.1, 0.15) is 17.9 Å². The van der Waals surface area contributed by atoms with E-state index in [0.717, 1.165) is 10.6 Å². The molecule has 0 amide bonds. The highest BCUT2D eigenvalue weighted by Crippen LogP contribution is 2.26. The quantitative estimate of drug-likeness (QED) is 0.254. The van der Waals surface area contributed by atoms with E-state index in [4.69, 9.17) is 14.2 Å². The van der Waals surface area contributed by atoms with Gasteiger partial charge in [-0.3, -0.25) is 14.2 Å². The standard InChI is InChI=1S/C33H21FN4O8/c34-25-18-37(27-11-6-14-44-27)33(43)38(30(25)40)29(39)22-15-20-9-4-5-10-23(20)24(16-22)32(42)46-28-21(17-35)12-13-26(36-28)45-31(41)19-7-2-1-3-8-19/h1-5,7-10,12-13,15-16,18,27H,6,11,14H2. The fourth-order valence-electron chi connectivity index (χ4n) is 4.95. The summed E-state index contributed by atoms with van der Waals surface area (Å²) in [4.78, 5) is 69.7. The molecule has 0 N–H and O–H groups in total. The number of halogens is 1. The van der Waals surface area contributed by atoms with Gasteiger partial charge in [-0.1, -0.05) is 42.5 Å². The van der Waals surface area contributed by atoms with Crippen molar-refractivity contribution < 1.29 is 33.0 Å². The Balaban J connectivity index is 1.37. The fourth-order valence-corrected chi connectivity index (χ4v) is 4.95. The molecule has 12 nitrogen and oxygen atoms in total. The number of carbonyl (C=O) groups excluding carboxylic acids is 3. The number of rotatable bonds is 6. The molecule has 6 rings (SSSR count). The zero-order valence-electron chi connectivity index (χ0n) is 23.7. The van der Waals surface area contributed by atoms with Crippen LogP contribution in [0.4, 0.5) is 4.39 Å². The summed E-state index contributed by atoms with van der Waals surface area (Å²) in [5, 5.41) is 10.3. The van der Waals surface area contributed by atoms with Gasteiger partial charge >= 0.3 is 17.6 Å². The van der Waals surface area contributed by atoms with Gasteiger partial charge in [0.25, 0.3) is 11.5 Å². The van der Waals surface area contributed by atoms with Gasteiger partial charge in [0.15, 0.2) is 0 Å². The molecule has 1 unspecified atom stereocenters. The molecule has 0 spiro atoms. The molecular formula is C33H21FN4O8. The minimum absolute atomic E-state index is 0.149. The van der Waals surface area contributed by atoms with Crippen LogP contribution in [0, 0.1) is 17.1 Å². The first-order chi connectivity index (χ1) is 22.2. The molecule has 0 saturated carbocycles. The maximum Gasteiger partial charge on any atom is 0.345 e. The van der Waals surface area contributed by atoms with Crippen molar-refractivity contribution in [2.45, 2.75) is 19.1 Å². The fraction of sp³-hybridized carbons (Fsp3) is 0.121.